The largest absolute Gasteiger partial charge is 0.416 e. The summed E-state index contributed by atoms with van der Waals surface area (Å²) in [5, 5.41) is 2.94. The molecule has 0 fully saturated rings. The van der Waals surface area contributed by atoms with Crippen molar-refractivity contribution in [1.29, 1.82) is 0 Å². The fourth-order valence-electron chi connectivity index (χ4n) is 2.45. The third kappa shape index (κ3) is 3.64. The second kappa shape index (κ2) is 6.83. The summed E-state index contributed by atoms with van der Waals surface area (Å²) in [7, 11) is 0. The first-order valence-corrected chi connectivity index (χ1v) is 7.50. The summed E-state index contributed by atoms with van der Waals surface area (Å²) in [5.74, 6) is -0.102. The van der Waals surface area contributed by atoms with Crippen molar-refractivity contribution in [1.82, 2.24) is 10.3 Å². The van der Waals surface area contributed by atoms with E-state index in [1.807, 2.05) is 0 Å². The Bertz CT molecular complexity index is 982. The lowest BCUT2D eigenvalue weighted by atomic mass is 10.1. The van der Waals surface area contributed by atoms with Crippen LogP contribution in [0.25, 0.3) is 22.2 Å². The lowest BCUT2D eigenvalue weighted by Gasteiger charge is -2.10. The van der Waals surface area contributed by atoms with E-state index >= 15 is 0 Å². The minimum atomic E-state index is -4.40. The summed E-state index contributed by atoms with van der Waals surface area (Å²) in [6, 6.07) is 13.4. The fourth-order valence-corrected chi connectivity index (χ4v) is 2.45. The molecule has 5 nitrogen and oxygen atoms in total. The van der Waals surface area contributed by atoms with Crippen molar-refractivity contribution >= 4 is 29.0 Å². The summed E-state index contributed by atoms with van der Waals surface area (Å²) in [5.41, 5.74) is 6.87. The molecular weight excluding hydrogens is 345 g/mol. The maximum absolute atomic E-state index is 12.7. The van der Waals surface area contributed by atoms with Crippen LogP contribution in [0.4, 0.5) is 18.9 Å². The average Bonchev–Trinajstić information content (AvgIpc) is 2.61. The first-order valence-electron chi connectivity index (χ1n) is 7.50. The van der Waals surface area contributed by atoms with E-state index in [1.165, 1.54) is 12.1 Å². The molecule has 132 valence electrons. The van der Waals surface area contributed by atoms with Gasteiger partial charge in [0.05, 0.1) is 22.5 Å². The zero-order valence-corrected chi connectivity index (χ0v) is 13.3. The van der Waals surface area contributed by atoms with Gasteiger partial charge in [-0.25, -0.2) is 9.98 Å². The number of carbonyl (C=O) groups is 1. The van der Waals surface area contributed by atoms with Crippen LogP contribution in [-0.2, 0) is 11.0 Å². The Balaban J connectivity index is 2.12. The minimum absolute atomic E-state index is 0.102. The number of hydrogen-bond donors (Lipinski definition) is 2. The molecule has 0 aliphatic rings. The Kier molecular flexibility index (Phi) is 4.57. The second-order valence-corrected chi connectivity index (χ2v) is 5.38. The number of nitrogens with one attached hydrogen (secondary N) is 1. The highest BCUT2D eigenvalue weighted by Crippen LogP contribution is 2.33. The molecule has 0 unspecified atom stereocenters. The van der Waals surface area contributed by atoms with Crippen LogP contribution in [0, 0.1) is 0 Å². The molecule has 3 aromatic rings. The Morgan fingerprint density at radius 3 is 2.46 bits per heavy atom. The predicted molar refractivity (Wildman–Crippen MR) is 92.7 cm³/mol. The molecule has 3 N–H and O–H groups in total. The number of para-hydroxylation sites is 1. The molecule has 8 heteroatoms. The van der Waals surface area contributed by atoms with Gasteiger partial charge in [-0.2, -0.15) is 13.2 Å². The summed E-state index contributed by atoms with van der Waals surface area (Å²) in [6.45, 7) is 0. The van der Waals surface area contributed by atoms with Crippen LogP contribution in [-0.4, -0.2) is 17.4 Å². The van der Waals surface area contributed by atoms with Crippen LogP contribution in [0.15, 0.2) is 59.6 Å². The predicted octanol–water partition coefficient (Wildman–Crippen LogP) is 3.61. The molecule has 1 heterocycles. The van der Waals surface area contributed by atoms with Crippen LogP contribution < -0.4 is 11.1 Å². The number of carbonyl (C=O) groups excluding carboxylic acids is 1. The van der Waals surface area contributed by atoms with Crippen LogP contribution in [0.1, 0.15) is 5.56 Å². The fraction of sp³-hybridized carbons (Fsp3) is 0.0556. The molecular formula is C18H13F3N4O. The molecule has 0 bridgehead atoms. The normalized spacial score (nSPS) is 12.2. The maximum Gasteiger partial charge on any atom is 0.416 e. The van der Waals surface area contributed by atoms with E-state index in [2.05, 4.69) is 15.3 Å². The molecule has 0 saturated carbocycles. The average molecular weight is 358 g/mol. The zero-order valence-electron chi connectivity index (χ0n) is 13.3. The SMILES string of the molecule is NC(=Nc1cc(-c2ccc(C(F)(F)F)cc2)nc2ccccc12)NC=O. The molecule has 0 saturated heterocycles. The number of aliphatic imine (C=N–C) groups is 1. The Morgan fingerprint density at radius 1 is 1.12 bits per heavy atom. The van der Waals surface area contributed by atoms with Crippen molar-refractivity contribution < 1.29 is 18.0 Å². The van der Waals surface area contributed by atoms with Crippen molar-refractivity contribution in [2.75, 3.05) is 0 Å². The van der Waals surface area contributed by atoms with E-state index in [-0.39, 0.29) is 5.96 Å². The van der Waals surface area contributed by atoms with Crippen LogP contribution in [0.3, 0.4) is 0 Å². The van der Waals surface area contributed by atoms with Gasteiger partial charge in [-0.3, -0.25) is 10.1 Å². The lowest BCUT2D eigenvalue weighted by molar-refractivity contribution is -0.137. The van der Waals surface area contributed by atoms with Crippen molar-refractivity contribution in [3.05, 3.63) is 60.2 Å². The van der Waals surface area contributed by atoms with Gasteiger partial charge in [0.15, 0.2) is 5.96 Å². The number of nitrogens with two attached hydrogens (primary N) is 1. The molecule has 0 atom stereocenters. The third-order valence-corrected chi connectivity index (χ3v) is 3.65. The molecule has 26 heavy (non-hydrogen) atoms. The number of fused-ring (bicyclic) bond motifs is 1. The Labute approximate surface area is 146 Å². The number of amides is 1. The number of nitrogens with zero attached hydrogens (tertiary/aromatic N) is 2. The quantitative estimate of drug-likeness (QED) is 0.426. The first-order chi connectivity index (χ1) is 12.4. The number of hydrogen-bond acceptors (Lipinski definition) is 3. The van der Waals surface area contributed by atoms with Crippen molar-refractivity contribution in [3.63, 3.8) is 0 Å². The highest BCUT2D eigenvalue weighted by atomic mass is 19.4. The van der Waals surface area contributed by atoms with Gasteiger partial charge in [0.25, 0.3) is 0 Å². The van der Waals surface area contributed by atoms with Gasteiger partial charge in [0, 0.05) is 10.9 Å². The van der Waals surface area contributed by atoms with Gasteiger partial charge in [0.1, 0.15) is 0 Å². The van der Waals surface area contributed by atoms with Gasteiger partial charge in [-0.05, 0) is 24.3 Å². The van der Waals surface area contributed by atoms with E-state index in [0.717, 1.165) is 12.1 Å². The van der Waals surface area contributed by atoms with Crippen LogP contribution in [0.2, 0.25) is 0 Å². The van der Waals surface area contributed by atoms with E-state index in [4.69, 9.17) is 5.73 Å². The zero-order chi connectivity index (χ0) is 18.7. The van der Waals surface area contributed by atoms with E-state index in [1.54, 1.807) is 30.3 Å². The molecule has 2 aromatic carbocycles. The van der Waals surface area contributed by atoms with Crippen LogP contribution >= 0.6 is 0 Å². The monoisotopic (exact) mass is 358 g/mol. The summed E-state index contributed by atoms with van der Waals surface area (Å²) in [4.78, 5) is 19.1. The molecule has 0 radical (unpaired) electrons. The molecule has 0 aliphatic carbocycles. The maximum atomic E-state index is 12.7. The van der Waals surface area contributed by atoms with Gasteiger partial charge in [0.2, 0.25) is 6.41 Å². The van der Waals surface area contributed by atoms with Crippen molar-refractivity contribution in [3.8, 4) is 11.3 Å². The standard InChI is InChI=1S/C18H13F3N4O/c19-18(20,21)12-7-5-11(6-8-12)15-9-16(25-17(22)23-10-26)13-3-1-2-4-14(13)24-15/h1-10H,(H3,22,23,24,25,26). The Morgan fingerprint density at radius 2 is 1.81 bits per heavy atom. The second-order valence-electron chi connectivity index (χ2n) is 5.38. The lowest BCUT2D eigenvalue weighted by Crippen LogP contribution is -2.29. The number of guanidine groups is 1. The van der Waals surface area contributed by atoms with Gasteiger partial charge >= 0.3 is 6.18 Å². The van der Waals surface area contributed by atoms with Crippen molar-refractivity contribution in [2.45, 2.75) is 6.18 Å². The summed E-state index contributed by atoms with van der Waals surface area (Å²) >= 11 is 0. The number of aromatic nitrogens is 1. The number of halogens is 3. The summed E-state index contributed by atoms with van der Waals surface area (Å²) in [6.07, 6.45) is -4.00. The molecule has 0 spiro atoms. The van der Waals surface area contributed by atoms with Crippen LogP contribution in [0.5, 0.6) is 0 Å². The van der Waals surface area contributed by atoms with Gasteiger partial charge < -0.3 is 5.73 Å². The number of alkyl halides is 3. The number of rotatable bonds is 3. The van der Waals surface area contributed by atoms with Crippen molar-refractivity contribution in [2.24, 2.45) is 10.7 Å². The Hall–Kier alpha value is -3.42. The van der Waals surface area contributed by atoms with E-state index in [0.29, 0.717) is 34.3 Å². The van der Waals surface area contributed by atoms with Gasteiger partial charge in [-0.15, -0.1) is 0 Å². The van der Waals surface area contributed by atoms with E-state index in [9.17, 15) is 18.0 Å². The molecule has 0 aliphatic heterocycles. The minimum Gasteiger partial charge on any atom is -0.369 e. The molecule has 1 amide bonds. The van der Waals surface area contributed by atoms with E-state index < -0.39 is 11.7 Å². The number of benzene rings is 2. The van der Waals surface area contributed by atoms with Gasteiger partial charge in [-0.1, -0.05) is 30.3 Å². The first kappa shape index (κ1) is 17.4. The highest BCUT2D eigenvalue weighted by Gasteiger charge is 2.30. The number of pyridine rings is 1. The topological polar surface area (TPSA) is 80.4 Å². The molecule has 1 aromatic heterocycles. The third-order valence-electron chi connectivity index (χ3n) is 3.65. The smallest absolute Gasteiger partial charge is 0.369 e. The molecule has 3 rings (SSSR count). The highest BCUT2D eigenvalue weighted by molar-refractivity contribution is 5.97. The summed E-state index contributed by atoms with van der Waals surface area (Å²) < 4.78 is 38.2.